The van der Waals surface area contributed by atoms with Crippen LogP contribution in [0.4, 0.5) is 5.69 Å². The lowest BCUT2D eigenvalue weighted by Gasteiger charge is -2.02. The first-order chi connectivity index (χ1) is 11.5. The number of oxazole rings is 1. The molecule has 3 aromatic rings. The number of para-hydroxylation sites is 2. The van der Waals surface area contributed by atoms with Crippen molar-refractivity contribution in [2.45, 2.75) is 4.90 Å². The van der Waals surface area contributed by atoms with Crippen LogP contribution in [0.15, 0.2) is 64.0 Å². The summed E-state index contributed by atoms with van der Waals surface area (Å²) in [5, 5.41) is 17.2. The van der Waals surface area contributed by atoms with Crippen LogP contribution >= 0.6 is 0 Å². The van der Waals surface area contributed by atoms with Gasteiger partial charge in [0.05, 0.1) is 4.90 Å². The highest BCUT2D eigenvalue weighted by molar-refractivity contribution is 7.89. The van der Waals surface area contributed by atoms with Gasteiger partial charge < -0.3 is 9.73 Å². The van der Waals surface area contributed by atoms with E-state index in [0.29, 0.717) is 16.8 Å². The van der Waals surface area contributed by atoms with E-state index in [-0.39, 0.29) is 16.4 Å². The molecule has 3 N–H and O–H groups in total. The van der Waals surface area contributed by atoms with E-state index < -0.39 is 10.0 Å². The SMILES string of the molecule is N#CC(=CNc1ccc(S(N)(=O)=O)cc1)c1nc2ccccc2o1. The molecular formula is C16H12N4O3S. The molecule has 0 aliphatic carbocycles. The van der Waals surface area contributed by atoms with Crippen LogP contribution in [-0.4, -0.2) is 13.4 Å². The maximum atomic E-state index is 11.2. The van der Waals surface area contributed by atoms with E-state index in [4.69, 9.17) is 9.56 Å². The molecular weight excluding hydrogens is 328 g/mol. The molecule has 24 heavy (non-hydrogen) atoms. The van der Waals surface area contributed by atoms with Crippen molar-refractivity contribution in [3.05, 3.63) is 60.6 Å². The predicted molar refractivity (Wildman–Crippen MR) is 89.0 cm³/mol. The van der Waals surface area contributed by atoms with Gasteiger partial charge in [0, 0.05) is 11.9 Å². The molecule has 0 aliphatic heterocycles. The molecule has 2 aromatic carbocycles. The first kappa shape index (κ1) is 15.7. The summed E-state index contributed by atoms with van der Waals surface area (Å²) in [6, 6.07) is 15.0. The van der Waals surface area contributed by atoms with Crippen molar-refractivity contribution in [1.82, 2.24) is 4.98 Å². The van der Waals surface area contributed by atoms with Crippen molar-refractivity contribution in [3.63, 3.8) is 0 Å². The summed E-state index contributed by atoms with van der Waals surface area (Å²) in [6.07, 6.45) is 1.44. The number of nitrogens with two attached hydrogens (primary N) is 1. The van der Waals surface area contributed by atoms with Gasteiger partial charge in [-0.3, -0.25) is 0 Å². The molecule has 7 nitrogen and oxygen atoms in total. The van der Waals surface area contributed by atoms with Crippen LogP contribution in [-0.2, 0) is 10.0 Å². The van der Waals surface area contributed by atoms with E-state index in [1.54, 1.807) is 12.1 Å². The minimum atomic E-state index is -3.73. The number of aromatic nitrogens is 1. The zero-order valence-corrected chi connectivity index (χ0v) is 13.1. The first-order valence-electron chi connectivity index (χ1n) is 6.83. The third kappa shape index (κ3) is 3.27. The standard InChI is InChI=1S/C16H12N4O3S/c17-9-11(16-20-14-3-1-2-4-15(14)23-16)10-19-12-5-7-13(8-6-12)24(18,21)22/h1-8,10,19H,(H2,18,21,22). The number of nitrogens with zero attached hydrogens (tertiary/aromatic N) is 2. The highest BCUT2D eigenvalue weighted by Crippen LogP contribution is 2.21. The number of rotatable bonds is 4. The number of hydrogen-bond acceptors (Lipinski definition) is 6. The van der Waals surface area contributed by atoms with Crippen LogP contribution in [0.1, 0.15) is 5.89 Å². The fourth-order valence-corrected chi connectivity index (χ4v) is 2.54. The molecule has 1 heterocycles. The van der Waals surface area contributed by atoms with E-state index in [0.717, 1.165) is 0 Å². The van der Waals surface area contributed by atoms with Crippen molar-refractivity contribution >= 4 is 32.4 Å². The number of primary sulfonamides is 1. The van der Waals surface area contributed by atoms with Gasteiger partial charge in [0.15, 0.2) is 5.58 Å². The lowest BCUT2D eigenvalue weighted by atomic mass is 10.3. The van der Waals surface area contributed by atoms with Crippen molar-refractivity contribution in [2.24, 2.45) is 5.14 Å². The van der Waals surface area contributed by atoms with Gasteiger partial charge in [-0.25, -0.2) is 18.5 Å². The largest absolute Gasteiger partial charge is 0.435 e. The second kappa shape index (κ2) is 6.16. The Bertz CT molecular complexity index is 1030. The lowest BCUT2D eigenvalue weighted by molar-refractivity contribution is 0.586. The summed E-state index contributed by atoms with van der Waals surface area (Å²) < 4.78 is 28.0. The molecule has 0 fully saturated rings. The molecule has 0 saturated carbocycles. The Hall–Kier alpha value is -3.15. The number of fused-ring (bicyclic) bond motifs is 1. The Morgan fingerprint density at radius 3 is 2.54 bits per heavy atom. The van der Waals surface area contributed by atoms with Gasteiger partial charge >= 0.3 is 0 Å². The summed E-state index contributed by atoms with van der Waals surface area (Å²) in [7, 11) is -3.73. The number of nitrogens with one attached hydrogen (secondary N) is 1. The molecule has 1 aromatic heterocycles. The second-order valence-electron chi connectivity index (χ2n) is 4.87. The normalized spacial score (nSPS) is 12.1. The van der Waals surface area contributed by atoms with Gasteiger partial charge in [0.1, 0.15) is 17.2 Å². The summed E-state index contributed by atoms with van der Waals surface area (Å²) in [6.45, 7) is 0. The monoisotopic (exact) mass is 340 g/mol. The fraction of sp³-hybridized carbons (Fsp3) is 0. The van der Waals surface area contributed by atoms with E-state index in [2.05, 4.69) is 10.3 Å². The van der Waals surface area contributed by atoms with Crippen LogP contribution in [0.2, 0.25) is 0 Å². The average Bonchev–Trinajstić information content (AvgIpc) is 2.99. The Balaban J connectivity index is 1.85. The minimum Gasteiger partial charge on any atom is -0.435 e. The first-order valence-corrected chi connectivity index (χ1v) is 8.37. The Labute approximate surface area is 138 Å². The number of sulfonamides is 1. The van der Waals surface area contributed by atoms with Gasteiger partial charge in [0.2, 0.25) is 15.9 Å². The van der Waals surface area contributed by atoms with Crippen molar-refractivity contribution in [1.29, 1.82) is 5.26 Å². The summed E-state index contributed by atoms with van der Waals surface area (Å²) in [4.78, 5) is 4.26. The van der Waals surface area contributed by atoms with E-state index in [1.807, 2.05) is 18.2 Å². The molecule has 0 saturated heterocycles. The molecule has 8 heteroatoms. The molecule has 0 spiro atoms. The Morgan fingerprint density at radius 1 is 1.21 bits per heavy atom. The van der Waals surface area contributed by atoms with Crippen LogP contribution in [0, 0.1) is 11.3 Å². The topological polar surface area (TPSA) is 122 Å². The molecule has 0 amide bonds. The number of allylic oxidation sites excluding steroid dienone is 1. The van der Waals surface area contributed by atoms with Crippen molar-refractivity contribution < 1.29 is 12.8 Å². The molecule has 3 rings (SSSR count). The zero-order chi connectivity index (χ0) is 17.2. The highest BCUT2D eigenvalue weighted by atomic mass is 32.2. The van der Waals surface area contributed by atoms with Crippen molar-refractivity contribution in [3.8, 4) is 6.07 Å². The van der Waals surface area contributed by atoms with Gasteiger partial charge in [-0.15, -0.1) is 0 Å². The van der Waals surface area contributed by atoms with Crippen LogP contribution < -0.4 is 10.5 Å². The maximum Gasteiger partial charge on any atom is 0.239 e. The molecule has 0 aliphatic rings. The van der Waals surface area contributed by atoms with Gasteiger partial charge in [-0.05, 0) is 36.4 Å². The maximum absolute atomic E-state index is 11.2. The predicted octanol–water partition coefficient (Wildman–Crippen LogP) is 2.45. The quantitative estimate of drug-likeness (QED) is 0.703. The van der Waals surface area contributed by atoms with E-state index in [1.165, 1.54) is 30.5 Å². The molecule has 0 radical (unpaired) electrons. The zero-order valence-electron chi connectivity index (χ0n) is 12.3. The van der Waals surface area contributed by atoms with Crippen LogP contribution in [0.3, 0.4) is 0 Å². The summed E-state index contributed by atoms with van der Waals surface area (Å²) in [5.41, 5.74) is 2.05. The Morgan fingerprint density at radius 2 is 1.92 bits per heavy atom. The summed E-state index contributed by atoms with van der Waals surface area (Å²) >= 11 is 0. The minimum absolute atomic E-state index is 0.0106. The van der Waals surface area contributed by atoms with E-state index >= 15 is 0 Å². The second-order valence-corrected chi connectivity index (χ2v) is 6.43. The Kier molecular flexibility index (Phi) is 4.04. The third-order valence-corrected chi connectivity index (χ3v) is 4.14. The van der Waals surface area contributed by atoms with E-state index in [9.17, 15) is 13.7 Å². The fourth-order valence-electron chi connectivity index (χ4n) is 2.03. The molecule has 0 bridgehead atoms. The van der Waals surface area contributed by atoms with Gasteiger partial charge in [-0.2, -0.15) is 5.26 Å². The number of nitriles is 1. The van der Waals surface area contributed by atoms with Crippen molar-refractivity contribution in [2.75, 3.05) is 5.32 Å². The molecule has 0 unspecified atom stereocenters. The number of benzene rings is 2. The lowest BCUT2D eigenvalue weighted by Crippen LogP contribution is -2.11. The number of hydrogen-bond donors (Lipinski definition) is 2. The van der Waals surface area contributed by atoms with Crippen LogP contribution in [0.5, 0.6) is 0 Å². The summed E-state index contributed by atoms with van der Waals surface area (Å²) in [5.74, 6) is 0.201. The highest BCUT2D eigenvalue weighted by Gasteiger charge is 2.10. The third-order valence-electron chi connectivity index (χ3n) is 3.21. The molecule has 120 valence electrons. The smallest absolute Gasteiger partial charge is 0.239 e. The average molecular weight is 340 g/mol. The molecule has 0 atom stereocenters. The van der Waals surface area contributed by atoms with Crippen LogP contribution in [0.25, 0.3) is 16.7 Å². The van der Waals surface area contributed by atoms with Gasteiger partial charge in [0.25, 0.3) is 0 Å². The van der Waals surface area contributed by atoms with Gasteiger partial charge in [-0.1, -0.05) is 12.1 Å². The number of anilines is 1.